The highest BCUT2D eigenvalue weighted by Crippen LogP contribution is 2.34. The van der Waals surface area contributed by atoms with E-state index >= 15 is 0 Å². The summed E-state index contributed by atoms with van der Waals surface area (Å²) in [7, 11) is 3.86. The van der Waals surface area contributed by atoms with Crippen molar-refractivity contribution in [2.75, 3.05) is 43.6 Å². The van der Waals surface area contributed by atoms with Gasteiger partial charge in [0.2, 0.25) is 0 Å². The number of fused-ring (bicyclic) bond motifs is 3. The second-order valence-corrected chi connectivity index (χ2v) is 5.97. The average molecular weight is 304 g/mol. The number of anilines is 2. The number of nitrogens with zero attached hydrogens (tertiary/aromatic N) is 5. The highest BCUT2D eigenvalue weighted by atomic mass is 32.1. The van der Waals surface area contributed by atoms with Crippen LogP contribution in [-0.4, -0.2) is 52.9 Å². The molecule has 1 aliphatic heterocycles. The van der Waals surface area contributed by atoms with Crippen molar-refractivity contribution < 1.29 is 4.74 Å². The van der Waals surface area contributed by atoms with Gasteiger partial charge in [-0.25, -0.2) is 15.0 Å². The number of hydrogen-bond acceptors (Lipinski definition) is 7. The molecule has 0 spiro atoms. The molecule has 4 heterocycles. The Bertz CT molecular complexity index is 804. The van der Waals surface area contributed by atoms with Crippen LogP contribution in [-0.2, 0) is 11.8 Å². The Hall–Kier alpha value is -1.93. The maximum atomic E-state index is 5.40. The SMILES string of the molecule is CNc1nc2sc(N3CCOCC3)nc2c2c1ncn2C. The van der Waals surface area contributed by atoms with Crippen LogP contribution in [0.15, 0.2) is 6.33 Å². The number of rotatable bonds is 2. The van der Waals surface area contributed by atoms with Crippen molar-refractivity contribution in [1.82, 2.24) is 19.5 Å². The van der Waals surface area contributed by atoms with Gasteiger partial charge >= 0.3 is 0 Å². The van der Waals surface area contributed by atoms with E-state index in [0.717, 1.165) is 58.6 Å². The van der Waals surface area contributed by atoms with E-state index in [-0.39, 0.29) is 0 Å². The Kier molecular flexibility index (Phi) is 2.93. The van der Waals surface area contributed by atoms with E-state index < -0.39 is 0 Å². The smallest absolute Gasteiger partial charge is 0.188 e. The minimum atomic E-state index is 0.756. The van der Waals surface area contributed by atoms with Gasteiger partial charge in [-0.05, 0) is 0 Å². The van der Waals surface area contributed by atoms with Gasteiger partial charge in [-0.3, -0.25) is 0 Å². The second kappa shape index (κ2) is 4.81. The molecule has 21 heavy (non-hydrogen) atoms. The molecule has 0 aliphatic carbocycles. The van der Waals surface area contributed by atoms with Gasteiger partial charge < -0.3 is 19.5 Å². The molecular weight excluding hydrogens is 288 g/mol. The molecule has 0 aromatic carbocycles. The summed E-state index contributed by atoms with van der Waals surface area (Å²) in [6, 6.07) is 0. The van der Waals surface area contributed by atoms with Crippen LogP contribution in [0.3, 0.4) is 0 Å². The monoisotopic (exact) mass is 304 g/mol. The van der Waals surface area contributed by atoms with Gasteiger partial charge in [0.15, 0.2) is 10.9 Å². The van der Waals surface area contributed by atoms with E-state index in [4.69, 9.17) is 9.72 Å². The third-order valence-corrected chi connectivity index (χ3v) is 4.73. The molecule has 0 unspecified atom stereocenters. The third kappa shape index (κ3) is 1.94. The lowest BCUT2D eigenvalue weighted by molar-refractivity contribution is 0.122. The Labute approximate surface area is 125 Å². The van der Waals surface area contributed by atoms with Crippen LogP contribution in [0.25, 0.3) is 21.4 Å². The molecule has 3 aromatic heterocycles. The number of hydrogen-bond donors (Lipinski definition) is 1. The first-order chi connectivity index (χ1) is 10.3. The largest absolute Gasteiger partial charge is 0.378 e. The van der Waals surface area contributed by atoms with Gasteiger partial charge in [0.05, 0.1) is 19.5 Å². The lowest BCUT2D eigenvalue weighted by Gasteiger charge is -2.25. The molecule has 3 aromatic rings. The van der Waals surface area contributed by atoms with Crippen molar-refractivity contribution in [2.45, 2.75) is 0 Å². The molecule has 1 aliphatic rings. The van der Waals surface area contributed by atoms with Crippen molar-refractivity contribution in [3.63, 3.8) is 0 Å². The molecule has 0 radical (unpaired) electrons. The first-order valence-corrected chi connectivity index (χ1v) is 7.71. The summed E-state index contributed by atoms with van der Waals surface area (Å²) in [5, 5.41) is 4.13. The maximum absolute atomic E-state index is 5.40. The molecule has 1 fully saturated rings. The van der Waals surface area contributed by atoms with E-state index in [0.29, 0.717) is 0 Å². The summed E-state index contributed by atoms with van der Waals surface area (Å²) in [5.41, 5.74) is 2.82. The molecule has 0 saturated carbocycles. The van der Waals surface area contributed by atoms with Crippen LogP contribution >= 0.6 is 11.3 Å². The lowest BCUT2D eigenvalue weighted by Crippen LogP contribution is -2.36. The first kappa shape index (κ1) is 12.8. The predicted molar refractivity (Wildman–Crippen MR) is 84.3 cm³/mol. The fourth-order valence-corrected chi connectivity index (χ4v) is 3.63. The van der Waals surface area contributed by atoms with Crippen LogP contribution in [0, 0.1) is 0 Å². The van der Waals surface area contributed by atoms with Crippen molar-refractivity contribution in [3.8, 4) is 0 Å². The highest BCUT2D eigenvalue weighted by molar-refractivity contribution is 7.22. The summed E-state index contributed by atoms with van der Waals surface area (Å²) in [5.74, 6) is 0.801. The van der Waals surface area contributed by atoms with Gasteiger partial charge in [0.1, 0.15) is 21.4 Å². The highest BCUT2D eigenvalue weighted by Gasteiger charge is 2.20. The lowest BCUT2D eigenvalue weighted by atomic mass is 10.3. The van der Waals surface area contributed by atoms with E-state index in [1.54, 1.807) is 17.7 Å². The Balaban J connectivity index is 1.93. The Morgan fingerprint density at radius 2 is 2.05 bits per heavy atom. The van der Waals surface area contributed by atoms with Crippen molar-refractivity contribution in [2.24, 2.45) is 7.05 Å². The molecule has 1 saturated heterocycles. The van der Waals surface area contributed by atoms with E-state index in [1.807, 2.05) is 18.7 Å². The zero-order valence-corrected chi connectivity index (χ0v) is 12.8. The third-order valence-electron chi connectivity index (χ3n) is 3.72. The van der Waals surface area contributed by atoms with Gasteiger partial charge in [-0.15, -0.1) is 0 Å². The van der Waals surface area contributed by atoms with Crippen molar-refractivity contribution >= 4 is 43.7 Å². The molecule has 110 valence electrons. The Morgan fingerprint density at radius 3 is 2.81 bits per heavy atom. The van der Waals surface area contributed by atoms with Gasteiger partial charge in [0.25, 0.3) is 0 Å². The predicted octanol–water partition coefficient (Wildman–Crippen LogP) is 1.46. The summed E-state index contributed by atoms with van der Waals surface area (Å²) < 4.78 is 7.41. The van der Waals surface area contributed by atoms with E-state index in [9.17, 15) is 0 Å². The number of nitrogens with one attached hydrogen (secondary N) is 1. The maximum Gasteiger partial charge on any atom is 0.188 e. The summed E-state index contributed by atoms with van der Waals surface area (Å²) in [4.78, 5) is 17.1. The van der Waals surface area contributed by atoms with Gasteiger partial charge in [-0.2, -0.15) is 0 Å². The zero-order valence-electron chi connectivity index (χ0n) is 12.0. The van der Waals surface area contributed by atoms with Crippen LogP contribution in [0.4, 0.5) is 10.9 Å². The molecule has 8 heteroatoms. The van der Waals surface area contributed by atoms with E-state index in [1.165, 1.54) is 0 Å². The van der Waals surface area contributed by atoms with Crippen LogP contribution < -0.4 is 10.2 Å². The molecular formula is C13H16N6OS. The standard InChI is InChI=1S/C13H16N6OS/c1-14-11-8-10(18(2)7-15-8)9-12(17-11)21-13(16-9)19-3-5-20-6-4-19/h7H,3-6H2,1-2H3,(H,14,17). The molecule has 1 N–H and O–H groups in total. The fraction of sp³-hybridized carbons (Fsp3) is 0.462. The number of imidazole rings is 1. The van der Waals surface area contributed by atoms with E-state index in [2.05, 4.69) is 20.2 Å². The number of morpholine rings is 1. The summed E-state index contributed by atoms with van der Waals surface area (Å²) >= 11 is 1.63. The minimum Gasteiger partial charge on any atom is -0.378 e. The average Bonchev–Trinajstić information content (AvgIpc) is 3.11. The Morgan fingerprint density at radius 1 is 1.24 bits per heavy atom. The van der Waals surface area contributed by atoms with Crippen LogP contribution in [0.2, 0.25) is 0 Å². The molecule has 0 amide bonds. The van der Waals surface area contributed by atoms with Crippen molar-refractivity contribution in [3.05, 3.63) is 6.33 Å². The normalized spacial score (nSPS) is 16.0. The van der Waals surface area contributed by atoms with Gasteiger partial charge in [0, 0.05) is 27.2 Å². The van der Waals surface area contributed by atoms with Gasteiger partial charge in [-0.1, -0.05) is 11.3 Å². The number of pyridine rings is 1. The van der Waals surface area contributed by atoms with Crippen LogP contribution in [0.1, 0.15) is 0 Å². The first-order valence-electron chi connectivity index (χ1n) is 6.90. The molecule has 4 rings (SSSR count). The quantitative estimate of drug-likeness (QED) is 0.773. The zero-order chi connectivity index (χ0) is 14.4. The second-order valence-electron chi connectivity index (χ2n) is 5.01. The summed E-state index contributed by atoms with van der Waals surface area (Å²) in [6.07, 6.45) is 1.81. The minimum absolute atomic E-state index is 0.756. The molecule has 7 nitrogen and oxygen atoms in total. The van der Waals surface area contributed by atoms with Crippen molar-refractivity contribution in [1.29, 1.82) is 0 Å². The summed E-state index contributed by atoms with van der Waals surface area (Å²) in [6.45, 7) is 3.28. The molecule has 0 atom stereocenters. The number of thiazole rings is 1. The number of aromatic nitrogens is 4. The molecule has 0 bridgehead atoms. The fourth-order valence-electron chi connectivity index (χ4n) is 2.63. The number of aryl methyl sites for hydroxylation is 1. The number of ether oxygens (including phenoxy) is 1. The topological polar surface area (TPSA) is 68.1 Å². The van der Waals surface area contributed by atoms with Crippen LogP contribution in [0.5, 0.6) is 0 Å².